The van der Waals surface area contributed by atoms with E-state index in [1.807, 2.05) is 43.1 Å². The molecule has 0 atom stereocenters. The van der Waals surface area contributed by atoms with Crippen molar-refractivity contribution < 1.29 is 4.79 Å². The smallest absolute Gasteiger partial charge is 0.253 e. The average molecular weight is 467 g/mol. The largest absolute Gasteiger partial charge is 0.383 e. The van der Waals surface area contributed by atoms with Crippen molar-refractivity contribution in [2.24, 2.45) is 13.0 Å². The quantitative estimate of drug-likeness (QED) is 0.392. The van der Waals surface area contributed by atoms with Crippen LogP contribution in [0.1, 0.15) is 24.2 Å². The van der Waals surface area contributed by atoms with Crippen LogP contribution in [0.25, 0.3) is 33.4 Å². The van der Waals surface area contributed by atoms with E-state index in [2.05, 4.69) is 57.6 Å². The minimum atomic E-state index is 0.0773. The number of carbonyl (C=O) groups excluding carboxylic acids is 1. The van der Waals surface area contributed by atoms with Crippen LogP contribution in [0.3, 0.4) is 0 Å². The van der Waals surface area contributed by atoms with E-state index in [9.17, 15) is 4.79 Å². The number of nitrogen functional groups attached to an aromatic ring is 1. The fraction of sp³-hybridized carbons (Fsp3) is 0.250. The highest BCUT2D eigenvalue weighted by Crippen LogP contribution is 2.41. The van der Waals surface area contributed by atoms with Crippen LogP contribution in [-0.2, 0) is 7.05 Å². The van der Waals surface area contributed by atoms with Crippen LogP contribution in [0.5, 0.6) is 0 Å². The molecular formula is C28H30N6O. The maximum Gasteiger partial charge on any atom is 0.253 e. The molecule has 7 nitrogen and oxygen atoms in total. The van der Waals surface area contributed by atoms with E-state index in [1.54, 1.807) is 0 Å². The molecular weight excluding hydrogens is 436 g/mol. The molecule has 0 bridgehead atoms. The first-order valence-corrected chi connectivity index (χ1v) is 11.8. The van der Waals surface area contributed by atoms with E-state index >= 15 is 0 Å². The van der Waals surface area contributed by atoms with Gasteiger partial charge in [-0.2, -0.15) is 0 Å². The van der Waals surface area contributed by atoms with Gasteiger partial charge < -0.3 is 20.5 Å². The van der Waals surface area contributed by atoms with Gasteiger partial charge in [-0.25, -0.2) is 9.97 Å². The SMILES string of the molecule is C=C(C)CNc1ccc(-c2c(-c3ccc(C(=O)N4CC(C)C4)cc3)c3c(N)ncnc3n2C)cc1. The number of nitrogens with two attached hydrogens (primary N) is 1. The van der Waals surface area contributed by atoms with Gasteiger partial charge in [0.2, 0.25) is 0 Å². The van der Waals surface area contributed by atoms with Crippen LogP contribution in [0.4, 0.5) is 11.5 Å². The Morgan fingerprint density at radius 3 is 2.37 bits per heavy atom. The molecule has 1 aliphatic heterocycles. The number of aryl methyl sites for hydroxylation is 1. The number of likely N-dealkylation sites (tertiary alicyclic amines) is 1. The van der Waals surface area contributed by atoms with Crippen molar-refractivity contribution in [3.63, 3.8) is 0 Å². The lowest BCUT2D eigenvalue weighted by Crippen LogP contribution is -2.48. The van der Waals surface area contributed by atoms with Gasteiger partial charge >= 0.3 is 0 Å². The molecule has 178 valence electrons. The van der Waals surface area contributed by atoms with Crippen molar-refractivity contribution in [1.82, 2.24) is 19.4 Å². The number of aromatic nitrogens is 3. The molecule has 3 N–H and O–H groups in total. The van der Waals surface area contributed by atoms with Crippen molar-refractivity contribution in [2.45, 2.75) is 13.8 Å². The summed E-state index contributed by atoms with van der Waals surface area (Å²) in [4.78, 5) is 23.5. The summed E-state index contributed by atoms with van der Waals surface area (Å²) in [6.07, 6.45) is 1.49. The summed E-state index contributed by atoms with van der Waals surface area (Å²) in [5.74, 6) is 1.08. The Morgan fingerprint density at radius 1 is 1.09 bits per heavy atom. The molecule has 0 radical (unpaired) electrons. The molecule has 1 amide bonds. The highest BCUT2D eigenvalue weighted by molar-refractivity contribution is 6.08. The summed E-state index contributed by atoms with van der Waals surface area (Å²) in [5.41, 5.74) is 13.9. The first kappa shape index (κ1) is 22.7. The molecule has 1 saturated heterocycles. The number of nitrogens with zero attached hydrogens (tertiary/aromatic N) is 4. The standard InChI is InChI=1S/C28H30N6O/c1-17(2)13-30-22-11-9-20(10-12-22)25-23(24-26(29)31-16-32-27(24)33(25)4)19-5-7-21(8-6-19)28(35)34-14-18(3)15-34/h5-12,16,18,30H,1,13-15H2,2-4H3,(H2,29,31,32). The lowest BCUT2D eigenvalue weighted by Gasteiger charge is -2.37. The Labute approximate surface area is 205 Å². The predicted molar refractivity (Wildman–Crippen MR) is 142 cm³/mol. The van der Waals surface area contributed by atoms with Gasteiger partial charge in [0.05, 0.1) is 11.1 Å². The third-order valence-corrected chi connectivity index (χ3v) is 6.52. The van der Waals surface area contributed by atoms with Gasteiger partial charge in [0.15, 0.2) is 0 Å². The summed E-state index contributed by atoms with van der Waals surface area (Å²) in [6, 6.07) is 16.1. The van der Waals surface area contributed by atoms with Crippen molar-refractivity contribution in [3.8, 4) is 22.4 Å². The fourth-order valence-electron chi connectivity index (χ4n) is 4.72. The molecule has 1 fully saturated rings. The molecule has 4 aromatic rings. The molecule has 0 saturated carbocycles. The van der Waals surface area contributed by atoms with Crippen molar-refractivity contribution in [2.75, 3.05) is 30.7 Å². The van der Waals surface area contributed by atoms with Crippen LogP contribution >= 0.6 is 0 Å². The first-order valence-electron chi connectivity index (χ1n) is 11.8. The van der Waals surface area contributed by atoms with Gasteiger partial charge in [0.25, 0.3) is 5.91 Å². The third kappa shape index (κ3) is 4.14. The maximum atomic E-state index is 12.8. The van der Waals surface area contributed by atoms with Crippen molar-refractivity contribution in [3.05, 3.63) is 72.6 Å². The molecule has 0 aliphatic carbocycles. The van der Waals surface area contributed by atoms with E-state index in [4.69, 9.17) is 5.73 Å². The van der Waals surface area contributed by atoms with E-state index < -0.39 is 0 Å². The Morgan fingerprint density at radius 2 is 1.74 bits per heavy atom. The lowest BCUT2D eigenvalue weighted by molar-refractivity contribution is 0.0530. The Bertz CT molecular complexity index is 1410. The zero-order chi connectivity index (χ0) is 24.7. The number of fused-ring (bicyclic) bond motifs is 1. The number of hydrogen-bond acceptors (Lipinski definition) is 5. The Kier molecular flexibility index (Phi) is 5.76. The molecule has 1 aliphatic rings. The lowest BCUT2D eigenvalue weighted by atomic mass is 9.96. The van der Waals surface area contributed by atoms with Crippen LogP contribution < -0.4 is 11.1 Å². The van der Waals surface area contributed by atoms with Crippen molar-refractivity contribution >= 4 is 28.4 Å². The van der Waals surface area contributed by atoms with Crippen molar-refractivity contribution in [1.29, 1.82) is 0 Å². The molecule has 0 unspecified atom stereocenters. The normalized spacial score (nSPS) is 13.6. The van der Waals surface area contributed by atoms with Crippen LogP contribution in [0.2, 0.25) is 0 Å². The molecule has 5 rings (SSSR count). The van der Waals surface area contributed by atoms with Crippen LogP contribution in [0, 0.1) is 5.92 Å². The highest BCUT2D eigenvalue weighted by Gasteiger charge is 2.28. The van der Waals surface area contributed by atoms with E-state index in [-0.39, 0.29) is 5.91 Å². The third-order valence-electron chi connectivity index (χ3n) is 6.52. The zero-order valence-corrected chi connectivity index (χ0v) is 20.4. The summed E-state index contributed by atoms with van der Waals surface area (Å²) in [7, 11) is 1.99. The van der Waals surface area contributed by atoms with Gasteiger partial charge in [-0.05, 0) is 48.2 Å². The van der Waals surface area contributed by atoms with Crippen LogP contribution in [-0.4, -0.2) is 45.0 Å². The Hall–Kier alpha value is -4.13. The molecule has 2 aromatic carbocycles. The van der Waals surface area contributed by atoms with Gasteiger partial charge in [0, 0.05) is 43.5 Å². The average Bonchev–Trinajstić information content (AvgIpc) is 3.14. The second kappa shape index (κ2) is 8.91. The summed E-state index contributed by atoms with van der Waals surface area (Å²) in [6.45, 7) is 10.5. The molecule has 35 heavy (non-hydrogen) atoms. The maximum absolute atomic E-state index is 12.8. The topological polar surface area (TPSA) is 89.1 Å². The molecule has 3 heterocycles. The second-order valence-corrected chi connectivity index (χ2v) is 9.52. The predicted octanol–water partition coefficient (Wildman–Crippen LogP) is 4.96. The number of anilines is 2. The number of benzene rings is 2. The molecule has 0 spiro atoms. The number of carbonyl (C=O) groups is 1. The molecule has 7 heteroatoms. The van der Waals surface area contributed by atoms with Crippen LogP contribution in [0.15, 0.2) is 67.0 Å². The Balaban J connectivity index is 1.58. The van der Waals surface area contributed by atoms with E-state index in [0.29, 0.717) is 17.3 Å². The number of nitrogens with one attached hydrogen (secondary N) is 1. The van der Waals surface area contributed by atoms with Gasteiger partial charge in [-0.15, -0.1) is 0 Å². The summed E-state index contributed by atoms with van der Waals surface area (Å²) >= 11 is 0. The number of hydrogen-bond donors (Lipinski definition) is 2. The summed E-state index contributed by atoms with van der Waals surface area (Å²) in [5, 5.41) is 4.18. The minimum Gasteiger partial charge on any atom is -0.383 e. The van der Waals surface area contributed by atoms with Gasteiger partial charge in [-0.3, -0.25) is 4.79 Å². The zero-order valence-electron chi connectivity index (χ0n) is 20.4. The number of amides is 1. The monoisotopic (exact) mass is 466 g/mol. The minimum absolute atomic E-state index is 0.0773. The highest BCUT2D eigenvalue weighted by atomic mass is 16.2. The summed E-state index contributed by atoms with van der Waals surface area (Å²) < 4.78 is 2.06. The fourth-order valence-corrected chi connectivity index (χ4v) is 4.72. The van der Waals surface area contributed by atoms with Gasteiger partial charge in [-0.1, -0.05) is 43.3 Å². The number of rotatable bonds is 6. The first-order chi connectivity index (χ1) is 16.8. The van der Waals surface area contributed by atoms with E-state index in [1.165, 1.54) is 6.33 Å². The molecule has 2 aromatic heterocycles. The second-order valence-electron chi connectivity index (χ2n) is 9.52. The van der Waals surface area contributed by atoms with E-state index in [0.717, 1.165) is 64.3 Å². The van der Waals surface area contributed by atoms with Gasteiger partial charge in [0.1, 0.15) is 17.8 Å².